The molecule has 1 aromatic heterocycles. The maximum atomic E-state index is 12.9. The number of hydrogen-bond donors (Lipinski definition) is 2. The zero-order valence-electron chi connectivity index (χ0n) is 15.6. The molecule has 0 bridgehead atoms. The van der Waals surface area contributed by atoms with Crippen LogP contribution in [0.3, 0.4) is 0 Å². The first-order chi connectivity index (χ1) is 12.5. The van der Waals surface area contributed by atoms with E-state index in [1.165, 1.54) is 0 Å². The van der Waals surface area contributed by atoms with Crippen LogP contribution in [0.4, 0.5) is 0 Å². The van der Waals surface area contributed by atoms with Crippen LogP contribution in [-0.4, -0.2) is 25.1 Å². The van der Waals surface area contributed by atoms with Gasteiger partial charge in [-0.05, 0) is 43.7 Å². The number of carbonyl (C=O) groups is 1. The van der Waals surface area contributed by atoms with Gasteiger partial charge in [0, 0.05) is 29.2 Å². The number of ether oxygens (including phenoxy) is 2. The van der Waals surface area contributed by atoms with E-state index in [1.54, 1.807) is 14.2 Å². The zero-order chi connectivity index (χ0) is 18.7. The van der Waals surface area contributed by atoms with Gasteiger partial charge in [-0.25, -0.2) is 0 Å². The van der Waals surface area contributed by atoms with Gasteiger partial charge >= 0.3 is 0 Å². The Labute approximate surface area is 153 Å². The molecular formula is C21H24N2O3. The largest absolute Gasteiger partial charge is 0.497 e. The standard InChI is InChI=1S/C21H24N2O3/c1-21(2,17-13-22-18-10-9-15(25-3)11-16(17)18)20(24)23-12-14-7-5-6-8-19(14)26-4/h5-11,13,22H,12H2,1-4H3,(H,23,24). The van der Waals surface area contributed by atoms with Crippen LogP contribution in [0.5, 0.6) is 11.5 Å². The van der Waals surface area contributed by atoms with Gasteiger partial charge in [-0.1, -0.05) is 18.2 Å². The second-order valence-corrected chi connectivity index (χ2v) is 6.73. The zero-order valence-corrected chi connectivity index (χ0v) is 15.6. The van der Waals surface area contributed by atoms with Crippen molar-refractivity contribution < 1.29 is 14.3 Å². The van der Waals surface area contributed by atoms with Crippen LogP contribution in [0.25, 0.3) is 10.9 Å². The molecule has 26 heavy (non-hydrogen) atoms. The van der Waals surface area contributed by atoms with Crippen molar-refractivity contribution in [1.29, 1.82) is 0 Å². The maximum absolute atomic E-state index is 12.9. The Morgan fingerprint density at radius 3 is 2.62 bits per heavy atom. The van der Waals surface area contributed by atoms with Crippen molar-refractivity contribution in [3.05, 3.63) is 59.8 Å². The van der Waals surface area contributed by atoms with E-state index in [9.17, 15) is 4.79 Å². The highest BCUT2D eigenvalue weighted by molar-refractivity contribution is 5.95. The van der Waals surface area contributed by atoms with Gasteiger partial charge in [0.25, 0.3) is 0 Å². The van der Waals surface area contributed by atoms with Gasteiger partial charge in [-0.15, -0.1) is 0 Å². The molecule has 5 heteroatoms. The van der Waals surface area contributed by atoms with Crippen LogP contribution >= 0.6 is 0 Å². The summed E-state index contributed by atoms with van der Waals surface area (Å²) in [4.78, 5) is 16.2. The summed E-state index contributed by atoms with van der Waals surface area (Å²) >= 11 is 0. The molecule has 0 spiro atoms. The first kappa shape index (κ1) is 17.9. The first-order valence-electron chi connectivity index (χ1n) is 8.53. The van der Waals surface area contributed by atoms with E-state index in [0.29, 0.717) is 6.54 Å². The van der Waals surface area contributed by atoms with Crippen LogP contribution in [0.2, 0.25) is 0 Å². The Balaban J connectivity index is 1.84. The van der Waals surface area contributed by atoms with E-state index in [2.05, 4.69) is 10.3 Å². The lowest BCUT2D eigenvalue weighted by molar-refractivity contribution is -0.125. The smallest absolute Gasteiger partial charge is 0.230 e. The lowest BCUT2D eigenvalue weighted by Crippen LogP contribution is -2.39. The molecule has 3 rings (SSSR count). The lowest BCUT2D eigenvalue weighted by Gasteiger charge is -2.24. The van der Waals surface area contributed by atoms with E-state index < -0.39 is 5.41 Å². The summed E-state index contributed by atoms with van der Waals surface area (Å²) in [5, 5.41) is 4.02. The summed E-state index contributed by atoms with van der Waals surface area (Å²) in [6.45, 7) is 4.26. The van der Waals surface area contributed by atoms with Gasteiger partial charge < -0.3 is 19.8 Å². The summed E-state index contributed by atoms with van der Waals surface area (Å²) in [5.74, 6) is 1.48. The molecule has 2 aromatic carbocycles. The monoisotopic (exact) mass is 352 g/mol. The molecule has 3 aromatic rings. The van der Waals surface area contributed by atoms with Gasteiger partial charge in [0.1, 0.15) is 11.5 Å². The summed E-state index contributed by atoms with van der Waals surface area (Å²) in [6, 6.07) is 13.5. The second-order valence-electron chi connectivity index (χ2n) is 6.73. The summed E-state index contributed by atoms with van der Waals surface area (Å²) < 4.78 is 10.7. The summed E-state index contributed by atoms with van der Waals surface area (Å²) in [5.41, 5.74) is 2.15. The van der Waals surface area contributed by atoms with Crippen LogP contribution in [0, 0.1) is 0 Å². The highest BCUT2D eigenvalue weighted by Crippen LogP contribution is 2.33. The third-order valence-corrected chi connectivity index (χ3v) is 4.76. The third-order valence-electron chi connectivity index (χ3n) is 4.76. The van der Waals surface area contributed by atoms with Crippen molar-refractivity contribution in [2.24, 2.45) is 0 Å². The molecule has 1 amide bonds. The van der Waals surface area contributed by atoms with Crippen LogP contribution in [0.15, 0.2) is 48.7 Å². The fourth-order valence-electron chi connectivity index (χ4n) is 3.11. The van der Waals surface area contributed by atoms with E-state index in [1.807, 2.05) is 62.5 Å². The molecule has 2 N–H and O–H groups in total. The highest BCUT2D eigenvalue weighted by Gasteiger charge is 2.32. The fourth-order valence-corrected chi connectivity index (χ4v) is 3.11. The number of methoxy groups -OCH3 is 2. The van der Waals surface area contributed by atoms with E-state index in [0.717, 1.165) is 33.5 Å². The Bertz CT molecular complexity index is 928. The Morgan fingerprint density at radius 1 is 1.12 bits per heavy atom. The summed E-state index contributed by atoms with van der Waals surface area (Å²) in [6.07, 6.45) is 1.90. The molecule has 0 saturated heterocycles. The van der Waals surface area contributed by atoms with Crippen molar-refractivity contribution in [2.45, 2.75) is 25.8 Å². The number of hydrogen-bond acceptors (Lipinski definition) is 3. The SMILES string of the molecule is COc1ccc2[nH]cc(C(C)(C)C(=O)NCc3ccccc3OC)c2c1. The predicted octanol–water partition coefficient (Wildman–Crippen LogP) is 3.78. The predicted molar refractivity (Wildman–Crippen MR) is 103 cm³/mol. The third kappa shape index (κ3) is 3.25. The van der Waals surface area contributed by atoms with E-state index in [-0.39, 0.29) is 5.91 Å². The van der Waals surface area contributed by atoms with Gasteiger partial charge in [-0.3, -0.25) is 4.79 Å². The van der Waals surface area contributed by atoms with Crippen molar-refractivity contribution in [1.82, 2.24) is 10.3 Å². The Morgan fingerprint density at radius 2 is 1.88 bits per heavy atom. The molecule has 0 aliphatic heterocycles. The molecule has 0 atom stereocenters. The highest BCUT2D eigenvalue weighted by atomic mass is 16.5. The minimum Gasteiger partial charge on any atom is -0.497 e. The number of fused-ring (bicyclic) bond motifs is 1. The molecule has 0 fully saturated rings. The number of benzene rings is 2. The fraction of sp³-hybridized carbons (Fsp3) is 0.286. The number of amides is 1. The number of carbonyl (C=O) groups excluding carboxylic acids is 1. The van der Waals surface area contributed by atoms with Crippen molar-refractivity contribution in [2.75, 3.05) is 14.2 Å². The van der Waals surface area contributed by atoms with Crippen molar-refractivity contribution >= 4 is 16.8 Å². The molecule has 0 unspecified atom stereocenters. The van der Waals surface area contributed by atoms with Gasteiger partial charge in [0.15, 0.2) is 0 Å². The molecular weight excluding hydrogens is 328 g/mol. The second kappa shape index (κ2) is 7.12. The quantitative estimate of drug-likeness (QED) is 0.710. The van der Waals surface area contributed by atoms with Gasteiger partial charge in [0.05, 0.1) is 19.6 Å². The first-order valence-corrected chi connectivity index (χ1v) is 8.53. The number of rotatable bonds is 6. The van der Waals surface area contributed by atoms with E-state index in [4.69, 9.17) is 9.47 Å². The summed E-state index contributed by atoms with van der Waals surface area (Å²) in [7, 11) is 3.27. The maximum Gasteiger partial charge on any atom is 0.230 e. The van der Waals surface area contributed by atoms with Gasteiger partial charge in [0.2, 0.25) is 5.91 Å². The normalized spacial score (nSPS) is 11.4. The number of aromatic nitrogens is 1. The van der Waals surface area contributed by atoms with E-state index >= 15 is 0 Å². The molecule has 0 aliphatic rings. The molecule has 1 heterocycles. The molecule has 0 saturated carbocycles. The molecule has 0 aliphatic carbocycles. The number of para-hydroxylation sites is 1. The lowest BCUT2D eigenvalue weighted by atomic mass is 9.83. The Hall–Kier alpha value is -2.95. The Kier molecular flexibility index (Phi) is 4.89. The van der Waals surface area contributed by atoms with Crippen LogP contribution in [0.1, 0.15) is 25.0 Å². The van der Waals surface area contributed by atoms with Crippen LogP contribution in [-0.2, 0) is 16.8 Å². The van der Waals surface area contributed by atoms with Crippen molar-refractivity contribution in [3.8, 4) is 11.5 Å². The topological polar surface area (TPSA) is 63.4 Å². The number of aromatic amines is 1. The van der Waals surface area contributed by atoms with Gasteiger partial charge in [-0.2, -0.15) is 0 Å². The average Bonchev–Trinajstić information content (AvgIpc) is 3.09. The molecule has 5 nitrogen and oxygen atoms in total. The number of nitrogens with one attached hydrogen (secondary N) is 2. The van der Waals surface area contributed by atoms with Crippen LogP contribution < -0.4 is 14.8 Å². The number of H-pyrrole nitrogens is 1. The minimum absolute atomic E-state index is 0.0490. The average molecular weight is 352 g/mol. The minimum atomic E-state index is -0.702. The molecule has 0 radical (unpaired) electrons. The molecule has 136 valence electrons. The van der Waals surface area contributed by atoms with Crippen molar-refractivity contribution in [3.63, 3.8) is 0 Å².